The Hall–Kier alpha value is -2.84. The number of rotatable bonds is 2. The van der Waals surface area contributed by atoms with Crippen LogP contribution in [0.2, 0.25) is 5.02 Å². The van der Waals surface area contributed by atoms with Crippen molar-refractivity contribution in [2.75, 3.05) is 4.90 Å². The van der Waals surface area contributed by atoms with Crippen molar-refractivity contribution < 1.29 is 4.79 Å². The van der Waals surface area contributed by atoms with Crippen molar-refractivity contribution in [3.8, 4) is 0 Å². The smallest absolute Gasteiger partial charge is 0.263 e. The molecule has 1 aliphatic rings. The van der Waals surface area contributed by atoms with Crippen LogP contribution in [0.4, 0.5) is 5.69 Å². The lowest BCUT2D eigenvalue weighted by molar-refractivity contribution is 0.101. The molecular formula is C21H14ClNO. The van der Waals surface area contributed by atoms with Crippen LogP contribution in [0.1, 0.15) is 21.5 Å². The zero-order chi connectivity index (χ0) is 16.5. The van der Waals surface area contributed by atoms with Crippen LogP contribution in [0.3, 0.4) is 0 Å². The highest BCUT2D eigenvalue weighted by molar-refractivity contribution is 6.31. The molecule has 0 aliphatic carbocycles. The molecule has 0 saturated heterocycles. The standard InChI is InChI=1S/C21H14ClNO/c22-16-9-6-10-17(14-16)23-20(13-15-7-2-1-3-8-15)18-11-4-5-12-19(18)21(23)24/h1-14H/b20-13+. The lowest BCUT2D eigenvalue weighted by Crippen LogP contribution is -2.22. The topological polar surface area (TPSA) is 20.3 Å². The van der Waals surface area contributed by atoms with Gasteiger partial charge in [0.15, 0.2) is 0 Å². The maximum Gasteiger partial charge on any atom is 0.263 e. The highest BCUT2D eigenvalue weighted by atomic mass is 35.5. The van der Waals surface area contributed by atoms with Crippen LogP contribution in [0, 0.1) is 0 Å². The predicted molar refractivity (Wildman–Crippen MR) is 99.0 cm³/mol. The summed E-state index contributed by atoms with van der Waals surface area (Å²) in [5, 5.41) is 0.607. The van der Waals surface area contributed by atoms with Gasteiger partial charge in [0.25, 0.3) is 5.91 Å². The van der Waals surface area contributed by atoms with Crippen LogP contribution >= 0.6 is 11.6 Å². The highest BCUT2D eigenvalue weighted by Gasteiger charge is 2.33. The Balaban J connectivity index is 1.92. The summed E-state index contributed by atoms with van der Waals surface area (Å²) in [6.07, 6.45) is 2.03. The van der Waals surface area contributed by atoms with Crippen LogP contribution in [0.5, 0.6) is 0 Å². The Morgan fingerprint density at radius 1 is 0.792 bits per heavy atom. The van der Waals surface area contributed by atoms with Gasteiger partial charge in [-0.1, -0.05) is 66.2 Å². The SMILES string of the molecule is O=C1c2ccccc2/C(=C\c2ccccc2)N1c1cccc(Cl)c1. The predicted octanol–water partition coefficient (Wildman–Crippen LogP) is 5.50. The van der Waals surface area contributed by atoms with E-state index in [0.29, 0.717) is 10.6 Å². The molecule has 0 radical (unpaired) electrons. The second-order valence-electron chi connectivity index (χ2n) is 5.61. The molecule has 0 atom stereocenters. The minimum atomic E-state index is -0.0324. The van der Waals surface area contributed by atoms with Gasteiger partial charge in [-0.05, 0) is 35.9 Å². The van der Waals surface area contributed by atoms with E-state index < -0.39 is 0 Å². The molecule has 3 heteroatoms. The maximum atomic E-state index is 13.0. The lowest BCUT2D eigenvalue weighted by Gasteiger charge is -2.19. The zero-order valence-electron chi connectivity index (χ0n) is 12.8. The minimum Gasteiger partial charge on any atom is -0.276 e. The fourth-order valence-electron chi connectivity index (χ4n) is 2.96. The number of amides is 1. The quantitative estimate of drug-likeness (QED) is 0.607. The first kappa shape index (κ1) is 14.7. The first-order valence-corrected chi connectivity index (χ1v) is 8.08. The molecule has 1 aliphatic heterocycles. The molecular weight excluding hydrogens is 318 g/mol. The number of hydrogen-bond acceptors (Lipinski definition) is 1. The summed E-state index contributed by atoms with van der Waals surface area (Å²) >= 11 is 6.13. The fourth-order valence-corrected chi connectivity index (χ4v) is 3.15. The van der Waals surface area contributed by atoms with Gasteiger partial charge in [0, 0.05) is 16.1 Å². The Kier molecular flexibility index (Phi) is 3.68. The van der Waals surface area contributed by atoms with Gasteiger partial charge in [0.1, 0.15) is 0 Å². The van der Waals surface area contributed by atoms with Gasteiger partial charge in [0.2, 0.25) is 0 Å². The summed E-state index contributed by atoms with van der Waals surface area (Å²) in [4.78, 5) is 14.7. The number of nitrogens with zero attached hydrogens (tertiary/aromatic N) is 1. The monoisotopic (exact) mass is 331 g/mol. The molecule has 0 saturated carbocycles. The molecule has 0 N–H and O–H groups in total. The second kappa shape index (κ2) is 5.99. The van der Waals surface area contributed by atoms with Crippen molar-refractivity contribution in [1.29, 1.82) is 0 Å². The van der Waals surface area contributed by atoms with Crippen molar-refractivity contribution in [3.05, 3.63) is 101 Å². The number of halogens is 1. The number of benzene rings is 3. The van der Waals surface area contributed by atoms with Gasteiger partial charge in [-0.25, -0.2) is 0 Å². The molecule has 116 valence electrons. The molecule has 1 heterocycles. The minimum absolute atomic E-state index is 0.0324. The third kappa shape index (κ3) is 2.51. The Morgan fingerprint density at radius 3 is 2.25 bits per heavy atom. The lowest BCUT2D eigenvalue weighted by atomic mass is 10.1. The number of anilines is 1. The molecule has 0 bridgehead atoms. The number of carbonyl (C=O) groups is 1. The van der Waals surface area contributed by atoms with Crippen molar-refractivity contribution in [2.45, 2.75) is 0 Å². The van der Waals surface area contributed by atoms with Gasteiger partial charge in [0.05, 0.1) is 11.4 Å². The Morgan fingerprint density at radius 2 is 1.50 bits per heavy atom. The van der Waals surface area contributed by atoms with Crippen LogP contribution in [0.15, 0.2) is 78.9 Å². The molecule has 3 aromatic rings. The number of hydrogen-bond donors (Lipinski definition) is 0. The van der Waals surface area contributed by atoms with E-state index in [0.717, 1.165) is 22.5 Å². The molecule has 0 aromatic heterocycles. The molecule has 0 fully saturated rings. The molecule has 0 unspecified atom stereocenters. The fraction of sp³-hybridized carbons (Fsp3) is 0. The van der Waals surface area contributed by atoms with E-state index in [1.807, 2.05) is 78.9 Å². The van der Waals surface area contributed by atoms with Gasteiger partial charge in [-0.2, -0.15) is 0 Å². The largest absolute Gasteiger partial charge is 0.276 e. The number of carbonyl (C=O) groups excluding carboxylic acids is 1. The van der Waals surface area contributed by atoms with E-state index in [4.69, 9.17) is 11.6 Å². The van der Waals surface area contributed by atoms with Gasteiger partial charge >= 0.3 is 0 Å². The maximum absolute atomic E-state index is 13.0. The molecule has 3 aromatic carbocycles. The Bertz CT molecular complexity index is 947. The van der Waals surface area contributed by atoms with Crippen LogP contribution < -0.4 is 4.90 Å². The number of fused-ring (bicyclic) bond motifs is 1. The van der Waals surface area contributed by atoms with E-state index in [-0.39, 0.29) is 5.91 Å². The summed E-state index contributed by atoms with van der Waals surface area (Å²) in [6, 6.07) is 25.0. The van der Waals surface area contributed by atoms with Crippen LogP contribution in [-0.2, 0) is 0 Å². The average Bonchev–Trinajstić information content (AvgIpc) is 2.89. The van der Waals surface area contributed by atoms with Crippen molar-refractivity contribution in [1.82, 2.24) is 0 Å². The summed E-state index contributed by atoms with van der Waals surface area (Å²) in [7, 11) is 0. The van der Waals surface area contributed by atoms with Crippen molar-refractivity contribution in [3.63, 3.8) is 0 Å². The summed E-state index contributed by atoms with van der Waals surface area (Å²) in [5.74, 6) is -0.0324. The van der Waals surface area contributed by atoms with Gasteiger partial charge < -0.3 is 0 Å². The zero-order valence-corrected chi connectivity index (χ0v) is 13.6. The molecule has 0 spiro atoms. The van der Waals surface area contributed by atoms with Gasteiger partial charge in [-0.15, -0.1) is 0 Å². The molecule has 4 rings (SSSR count). The average molecular weight is 332 g/mol. The first-order valence-electron chi connectivity index (χ1n) is 7.70. The van der Waals surface area contributed by atoms with E-state index >= 15 is 0 Å². The third-order valence-corrected chi connectivity index (χ3v) is 4.28. The first-order chi connectivity index (χ1) is 11.7. The normalized spacial score (nSPS) is 15.0. The van der Waals surface area contributed by atoms with E-state index in [2.05, 4.69) is 0 Å². The summed E-state index contributed by atoms with van der Waals surface area (Å²) in [6.45, 7) is 0. The summed E-state index contributed by atoms with van der Waals surface area (Å²) < 4.78 is 0. The van der Waals surface area contributed by atoms with E-state index in [9.17, 15) is 4.79 Å². The van der Waals surface area contributed by atoms with Crippen molar-refractivity contribution in [2.24, 2.45) is 0 Å². The van der Waals surface area contributed by atoms with E-state index in [1.165, 1.54) is 0 Å². The van der Waals surface area contributed by atoms with Gasteiger partial charge in [-0.3, -0.25) is 9.69 Å². The summed E-state index contributed by atoms with van der Waals surface area (Å²) in [5.41, 5.74) is 4.32. The third-order valence-electron chi connectivity index (χ3n) is 4.05. The second-order valence-corrected chi connectivity index (χ2v) is 6.04. The van der Waals surface area contributed by atoms with Crippen molar-refractivity contribution >= 4 is 35.0 Å². The van der Waals surface area contributed by atoms with Crippen LogP contribution in [-0.4, -0.2) is 5.91 Å². The highest BCUT2D eigenvalue weighted by Crippen LogP contribution is 2.38. The molecule has 2 nitrogen and oxygen atoms in total. The Labute approximate surface area is 145 Å². The molecule has 1 amide bonds. The van der Waals surface area contributed by atoms with Crippen LogP contribution in [0.25, 0.3) is 11.8 Å². The van der Waals surface area contributed by atoms with E-state index in [1.54, 1.807) is 11.0 Å². The molecule has 24 heavy (non-hydrogen) atoms.